The van der Waals surface area contributed by atoms with Crippen molar-refractivity contribution in [2.24, 2.45) is 5.92 Å². The first-order valence-corrected chi connectivity index (χ1v) is 8.82. The molecule has 1 heterocycles. The highest BCUT2D eigenvalue weighted by molar-refractivity contribution is 5.84. The van der Waals surface area contributed by atoms with Crippen LogP contribution in [0.5, 0.6) is 0 Å². The molecule has 1 N–H and O–H groups in total. The number of nitrogens with one attached hydrogen (secondary N) is 1. The van der Waals surface area contributed by atoms with Gasteiger partial charge in [0.05, 0.1) is 19.3 Å². The zero-order valence-electron chi connectivity index (χ0n) is 14.0. The van der Waals surface area contributed by atoms with Gasteiger partial charge in [-0.25, -0.2) is 4.39 Å². The van der Waals surface area contributed by atoms with Crippen molar-refractivity contribution in [1.29, 1.82) is 5.26 Å². The zero-order valence-corrected chi connectivity index (χ0v) is 14.0. The van der Waals surface area contributed by atoms with Gasteiger partial charge in [0.1, 0.15) is 11.4 Å². The lowest BCUT2D eigenvalue weighted by Crippen LogP contribution is -2.53. The second-order valence-electron chi connectivity index (χ2n) is 7.29. The highest BCUT2D eigenvalue weighted by Crippen LogP contribution is 2.48. The number of rotatable bonds is 3. The first-order valence-electron chi connectivity index (χ1n) is 8.82. The van der Waals surface area contributed by atoms with Crippen molar-refractivity contribution >= 4 is 5.91 Å². The summed E-state index contributed by atoms with van der Waals surface area (Å²) in [6.07, 6.45) is 2.96. The van der Waals surface area contributed by atoms with E-state index in [-0.39, 0.29) is 23.6 Å². The van der Waals surface area contributed by atoms with Crippen LogP contribution in [-0.2, 0) is 14.3 Å². The minimum absolute atomic E-state index is 0.0443. The molecule has 1 saturated heterocycles. The molecule has 132 valence electrons. The molecule has 0 unspecified atom stereocenters. The molecule has 1 amide bonds. The van der Waals surface area contributed by atoms with Crippen molar-refractivity contribution < 1.29 is 18.7 Å². The predicted octanol–water partition coefficient (Wildman–Crippen LogP) is 2.62. The fourth-order valence-corrected chi connectivity index (χ4v) is 4.03. The Morgan fingerprint density at radius 2 is 1.96 bits per heavy atom. The van der Waals surface area contributed by atoms with E-state index in [9.17, 15) is 14.4 Å². The summed E-state index contributed by atoms with van der Waals surface area (Å²) < 4.78 is 24.7. The van der Waals surface area contributed by atoms with Crippen LogP contribution < -0.4 is 5.32 Å². The van der Waals surface area contributed by atoms with Crippen LogP contribution in [-0.4, -0.2) is 30.4 Å². The van der Waals surface area contributed by atoms with E-state index in [0.29, 0.717) is 45.3 Å². The molecule has 1 aliphatic heterocycles. The summed E-state index contributed by atoms with van der Waals surface area (Å²) >= 11 is 0. The molecule has 0 radical (unpaired) electrons. The Morgan fingerprint density at radius 1 is 1.24 bits per heavy atom. The number of nitriles is 1. The van der Waals surface area contributed by atoms with Gasteiger partial charge in [0, 0.05) is 18.8 Å². The maximum absolute atomic E-state index is 13.3. The van der Waals surface area contributed by atoms with Crippen LogP contribution in [0.1, 0.15) is 43.6 Å². The van der Waals surface area contributed by atoms with E-state index in [0.717, 1.165) is 5.56 Å². The Bertz CT molecular complexity index is 714. The van der Waals surface area contributed by atoms with Gasteiger partial charge in [-0.15, -0.1) is 0 Å². The third-order valence-corrected chi connectivity index (χ3v) is 5.66. The minimum atomic E-state index is -0.854. The quantitative estimate of drug-likeness (QED) is 0.915. The molecule has 3 aliphatic rings. The number of halogens is 1. The van der Waals surface area contributed by atoms with Crippen LogP contribution in [0.2, 0.25) is 0 Å². The lowest BCUT2D eigenvalue weighted by Gasteiger charge is -2.40. The zero-order chi connectivity index (χ0) is 17.5. The van der Waals surface area contributed by atoms with Gasteiger partial charge in [0.25, 0.3) is 0 Å². The van der Waals surface area contributed by atoms with Crippen LogP contribution in [0.15, 0.2) is 24.3 Å². The number of hydrogen-bond acceptors (Lipinski definition) is 4. The fraction of sp³-hybridized carbons (Fsp3) is 0.579. The van der Waals surface area contributed by atoms with Crippen molar-refractivity contribution in [3.63, 3.8) is 0 Å². The average molecular weight is 344 g/mol. The van der Waals surface area contributed by atoms with Gasteiger partial charge in [-0.05, 0) is 42.9 Å². The second kappa shape index (κ2) is 6.08. The van der Waals surface area contributed by atoms with E-state index in [1.165, 1.54) is 12.1 Å². The largest absolute Gasteiger partial charge is 0.348 e. The third-order valence-electron chi connectivity index (χ3n) is 5.66. The lowest BCUT2D eigenvalue weighted by atomic mass is 9.79. The summed E-state index contributed by atoms with van der Waals surface area (Å²) in [7, 11) is 0. The smallest absolute Gasteiger partial charge is 0.224 e. The molecule has 2 atom stereocenters. The number of hydrogen-bond donors (Lipinski definition) is 1. The molecule has 5 nitrogen and oxygen atoms in total. The second-order valence-corrected chi connectivity index (χ2v) is 7.29. The van der Waals surface area contributed by atoms with Crippen LogP contribution in [0.25, 0.3) is 0 Å². The number of benzene rings is 1. The van der Waals surface area contributed by atoms with Gasteiger partial charge < -0.3 is 14.8 Å². The Morgan fingerprint density at radius 3 is 2.60 bits per heavy atom. The van der Waals surface area contributed by atoms with Gasteiger partial charge in [0.15, 0.2) is 5.79 Å². The summed E-state index contributed by atoms with van der Waals surface area (Å²) in [6.45, 7) is 1.17. The maximum Gasteiger partial charge on any atom is 0.224 e. The molecule has 1 spiro atoms. The van der Waals surface area contributed by atoms with Crippen LogP contribution in [0.3, 0.4) is 0 Å². The van der Waals surface area contributed by atoms with Crippen molar-refractivity contribution in [3.05, 3.63) is 35.6 Å². The van der Waals surface area contributed by atoms with Crippen molar-refractivity contribution in [2.45, 2.75) is 49.3 Å². The Balaban J connectivity index is 1.38. The van der Waals surface area contributed by atoms with E-state index >= 15 is 0 Å². The van der Waals surface area contributed by atoms with Gasteiger partial charge in [-0.3, -0.25) is 4.79 Å². The number of ether oxygens (including phenoxy) is 2. The molecule has 3 fully saturated rings. The topological polar surface area (TPSA) is 71.4 Å². The summed E-state index contributed by atoms with van der Waals surface area (Å²) in [5.74, 6) is -1.09. The SMILES string of the molecule is N#CC1(NC(=O)[C@H]2C[C@H]2c2cccc(F)c2)CCC2(CC1)OCCO2. The molecular formula is C19H21FN2O3. The monoisotopic (exact) mass is 344 g/mol. The maximum atomic E-state index is 13.3. The Labute approximate surface area is 146 Å². The van der Waals surface area contributed by atoms with Gasteiger partial charge in [-0.2, -0.15) is 5.26 Å². The molecule has 1 aromatic rings. The Hall–Kier alpha value is -1.97. The van der Waals surface area contributed by atoms with Gasteiger partial charge >= 0.3 is 0 Å². The summed E-state index contributed by atoms with van der Waals surface area (Å²) in [5, 5.41) is 12.6. The molecule has 0 bridgehead atoms. The fourth-order valence-electron chi connectivity index (χ4n) is 4.03. The molecule has 2 saturated carbocycles. The molecule has 25 heavy (non-hydrogen) atoms. The lowest BCUT2D eigenvalue weighted by molar-refractivity contribution is -0.183. The summed E-state index contributed by atoms with van der Waals surface area (Å²) in [4.78, 5) is 12.6. The van der Waals surface area contributed by atoms with Crippen LogP contribution >= 0.6 is 0 Å². The highest BCUT2D eigenvalue weighted by Gasteiger charge is 2.50. The predicted molar refractivity (Wildman–Crippen MR) is 86.8 cm³/mol. The highest BCUT2D eigenvalue weighted by atomic mass is 19.1. The van der Waals surface area contributed by atoms with E-state index in [1.807, 2.05) is 6.07 Å². The van der Waals surface area contributed by atoms with Crippen LogP contribution in [0.4, 0.5) is 4.39 Å². The van der Waals surface area contributed by atoms with Crippen molar-refractivity contribution in [2.75, 3.05) is 13.2 Å². The standard InChI is InChI=1S/C19H21FN2O3/c20-14-3-1-2-13(10-14)15-11-16(15)17(23)22-18(12-21)4-6-19(7-5-18)24-8-9-25-19/h1-3,10,15-16H,4-9,11H2,(H,22,23)/t15-,16-/m0/s1. The molecule has 4 rings (SSSR count). The van der Waals surface area contributed by atoms with E-state index < -0.39 is 11.3 Å². The van der Waals surface area contributed by atoms with E-state index in [4.69, 9.17) is 9.47 Å². The third kappa shape index (κ3) is 3.14. The first-order chi connectivity index (χ1) is 12.0. The van der Waals surface area contributed by atoms with Gasteiger partial charge in [-0.1, -0.05) is 12.1 Å². The normalized spacial score (nSPS) is 29.1. The molecular weight excluding hydrogens is 323 g/mol. The summed E-state index contributed by atoms with van der Waals surface area (Å²) in [6, 6.07) is 8.69. The van der Waals surface area contributed by atoms with Crippen LogP contribution in [0, 0.1) is 23.1 Å². The molecule has 6 heteroatoms. The number of amides is 1. The minimum Gasteiger partial charge on any atom is -0.348 e. The number of nitrogens with zero attached hydrogens (tertiary/aromatic N) is 1. The van der Waals surface area contributed by atoms with Gasteiger partial charge in [0.2, 0.25) is 5.91 Å². The molecule has 0 aromatic heterocycles. The molecule has 2 aliphatic carbocycles. The van der Waals surface area contributed by atoms with Crippen molar-refractivity contribution in [1.82, 2.24) is 5.32 Å². The molecule has 1 aromatic carbocycles. The Kier molecular flexibility index (Phi) is 4.01. The number of carbonyl (C=O) groups is 1. The average Bonchev–Trinajstić information content (AvgIpc) is 3.31. The van der Waals surface area contributed by atoms with E-state index in [1.54, 1.807) is 6.07 Å². The first kappa shape index (κ1) is 16.5. The van der Waals surface area contributed by atoms with Crippen molar-refractivity contribution in [3.8, 4) is 6.07 Å². The van der Waals surface area contributed by atoms with E-state index in [2.05, 4.69) is 11.4 Å². The summed E-state index contributed by atoms with van der Waals surface area (Å²) in [5.41, 5.74) is -0.00582. The number of carbonyl (C=O) groups excluding carboxylic acids is 1.